The number of hydrogen-bond acceptors (Lipinski definition) is 2. The lowest BCUT2D eigenvalue weighted by Crippen LogP contribution is -2.28. The van der Waals surface area contributed by atoms with Gasteiger partial charge < -0.3 is 10.4 Å². The lowest BCUT2D eigenvalue weighted by Gasteiger charge is -2.06. The number of amides is 1. The molecule has 3 nitrogen and oxygen atoms in total. The predicted octanol–water partition coefficient (Wildman–Crippen LogP) is 1.70. The minimum absolute atomic E-state index is 0.00116. The number of phenols is 1. The van der Waals surface area contributed by atoms with E-state index in [1.807, 2.05) is 5.32 Å². The molecule has 0 aliphatic heterocycles. The average Bonchev–Trinajstić information content (AvgIpc) is 2.14. The maximum absolute atomic E-state index is 11.8. The SMILES string of the molecule is Cc1ccc(C(=O)NCC(F)F)c(O)c1. The fourth-order valence-electron chi connectivity index (χ4n) is 1.10. The Morgan fingerprint density at radius 1 is 1.53 bits per heavy atom. The summed E-state index contributed by atoms with van der Waals surface area (Å²) < 4.78 is 23.6. The van der Waals surface area contributed by atoms with E-state index < -0.39 is 18.9 Å². The molecule has 0 saturated carbocycles. The quantitative estimate of drug-likeness (QED) is 0.806. The number of halogens is 2. The minimum Gasteiger partial charge on any atom is -0.507 e. The van der Waals surface area contributed by atoms with Gasteiger partial charge in [0.25, 0.3) is 12.3 Å². The van der Waals surface area contributed by atoms with Crippen LogP contribution in [-0.4, -0.2) is 24.0 Å². The Bertz CT molecular complexity index is 366. The van der Waals surface area contributed by atoms with E-state index in [1.165, 1.54) is 12.1 Å². The summed E-state index contributed by atoms with van der Waals surface area (Å²) in [5.41, 5.74) is 0.791. The van der Waals surface area contributed by atoms with E-state index in [2.05, 4.69) is 0 Å². The molecule has 1 aromatic rings. The van der Waals surface area contributed by atoms with Gasteiger partial charge in [-0.25, -0.2) is 8.78 Å². The number of aromatic hydroxyl groups is 1. The standard InChI is InChI=1S/C10H11F2NO2/c1-6-2-3-7(8(14)4-6)10(15)13-5-9(11)12/h2-4,9,14H,5H2,1H3,(H,13,15). The molecule has 0 atom stereocenters. The van der Waals surface area contributed by atoms with Gasteiger partial charge in [-0.3, -0.25) is 4.79 Å². The molecule has 0 saturated heterocycles. The Hall–Kier alpha value is -1.65. The van der Waals surface area contributed by atoms with Gasteiger partial charge in [0.05, 0.1) is 12.1 Å². The zero-order valence-electron chi connectivity index (χ0n) is 8.13. The monoisotopic (exact) mass is 215 g/mol. The number of benzene rings is 1. The molecule has 0 aliphatic carbocycles. The van der Waals surface area contributed by atoms with Crippen LogP contribution in [-0.2, 0) is 0 Å². The Morgan fingerprint density at radius 3 is 2.73 bits per heavy atom. The van der Waals surface area contributed by atoms with Gasteiger partial charge in [-0.1, -0.05) is 6.07 Å². The van der Waals surface area contributed by atoms with Gasteiger partial charge in [0.2, 0.25) is 0 Å². The third-order valence-electron chi connectivity index (χ3n) is 1.81. The number of phenolic OH excluding ortho intramolecular Hbond substituents is 1. The summed E-state index contributed by atoms with van der Waals surface area (Å²) in [6, 6.07) is 4.42. The topological polar surface area (TPSA) is 49.3 Å². The highest BCUT2D eigenvalue weighted by Gasteiger charge is 2.12. The maximum atomic E-state index is 11.8. The summed E-state index contributed by atoms with van der Waals surface area (Å²) in [5.74, 6) is -0.908. The molecule has 0 aliphatic rings. The lowest BCUT2D eigenvalue weighted by molar-refractivity contribution is 0.0889. The largest absolute Gasteiger partial charge is 0.507 e. The summed E-state index contributed by atoms with van der Waals surface area (Å²) in [6.07, 6.45) is -2.60. The van der Waals surface area contributed by atoms with Crippen LogP contribution in [0, 0.1) is 6.92 Å². The number of alkyl halides is 2. The number of rotatable bonds is 3. The number of nitrogens with one attached hydrogen (secondary N) is 1. The molecule has 0 heterocycles. The Labute approximate surface area is 85.7 Å². The van der Waals surface area contributed by atoms with Gasteiger partial charge in [-0.15, -0.1) is 0 Å². The molecular weight excluding hydrogens is 204 g/mol. The highest BCUT2D eigenvalue weighted by molar-refractivity contribution is 5.96. The zero-order valence-corrected chi connectivity index (χ0v) is 8.13. The molecular formula is C10H11F2NO2. The second-order valence-corrected chi connectivity index (χ2v) is 3.12. The minimum atomic E-state index is -2.60. The Balaban J connectivity index is 2.74. The van der Waals surface area contributed by atoms with Crippen molar-refractivity contribution in [1.82, 2.24) is 5.32 Å². The maximum Gasteiger partial charge on any atom is 0.255 e. The van der Waals surface area contributed by atoms with Gasteiger partial charge in [-0.05, 0) is 24.6 Å². The Kier molecular flexibility index (Phi) is 3.60. The van der Waals surface area contributed by atoms with Crippen LogP contribution in [0.4, 0.5) is 8.78 Å². The molecule has 2 N–H and O–H groups in total. The highest BCUT2D eigenvalue weighted by Crippen LogP contribution is 2.17. The van der Waals surface area contributed by atoms with Crippen molar-refractivity contribution in [3.8, 4) is 5.75 Å². The van der Waals surface area contributed by atoms with Gasteiger partial charge in [0, 0.05) is 0 Å². The number of hydrogen-bond donors (Lipinski definition) is 2. The molecule has 0 spiro atoms. The first kappa shape index (κ1) is 11.4. The van der Waals surface area contributed by atoms with Crippen molar-refractivity contribution < 1.29 is 18.7 Å². The fraction of sp³-hybridized carbons (Fsp3) is 0.300. The average molecular weight is 215 g/mol. The summed E-state index contributed by atoms with van der Waals surface area (Å²) in [7, 11) is 0. The number of carbonyl (C=O) groups excluding carboxylic acids is 1. The van der Waals surface area contributed by atoms with E-state index in [0.29, 0.717) is 0 Å². The van der Waals surface area contributed by atoms with Crippen LogP contribution >= 0.6 is 0 Å². The summed E-state index contributed by atoms with van der Waals surface area (Å²) in [4.78, 5) is 11.3. The first-order valence-electron chi connectivity index (χ1n) is 4.36. The molecule has 0 fully saturated rings. The predicted molar refractivity (Wildman–Crippen MR) is 51.2 cm³/mol. The second-order valence-electron chi connectivity index (χ2n) is 3.12. The molecule has 0 unspecified atom stereocenters. The fourth-order valence-corrected chi connectivity index (χ4v) is 1.10. The van der Waals surface area contributed by atoms with E-state index >= 15 is 0 Å². The number of carbonyl (C=O) groups is 1. The molecule has 0 bridgehead atoms. The van der Waals surface area contributed by atoms with Crippen LogP contribution in [0.1, 0.15) is 15.9 Å². The van der Waals surface area contributed by atoms with Crippen LogP contribution in [0.2, 0.25) is 0 Å². The summed E-state index contributed by atoms with van der Waals surface area (Å²) in [6.45, 7) is 1.03. The molecule has 0 aromatic heterocycles. The van der Waals surface area contributed by atoms with Crippen molar-refractivity contribution in [2.24, 2.45) is 0 Å². The summed E-state index contributed by atoms with van der Waals surface area (Å²) in [5, 5.41) is 11.4. The van der Waals surface area contributed by atoms with Crippen molar-refractivity contribution in [3.05, 3.63) is 29.3 Å². The molecule has 15 heavy (non-hydrogen) atoms. The molecule has 1 amide bonds. The van der Waals surface area contributed by atoms with Crippen molar-refractivity contribution in [3.63, 3.8) is 0 Å². The van der Waals surface area contributed by atoms with Crippen LogP contribution in [0.3, 0.4) is 0 Å². The Morgan fingerprint density at radius 2 is 2.20 bits per heavy atom. The normalized spacial score (nSPS) is 10.4. The van der Waals surface area contributed by atoms with Crippen LogP contribution in [0.15, 0.2) is 18.2 Å². The third kappa shape index (κ3) is 3.19. The first-order chi connectivity index (χ1) is 7.00. The van der Waals surface area contributed by atoms with Crippen molar-refractivity contribution >= 4 is 5.91 Å². The van der Waals surface area contributed by atoms with Gasteiger partial charge in [-0.2, -0.15) is 0 Å². The van der Waals surface area contributed by atoms with E-state index in [-0.39, 0.29) is 11.3 Å². The van der Waals surface area contributed by atoms with Gasteiger partial charge >= 0.3 is 0 Å². The zero-order chi connectivity index (χ0) is 11.4. The molecule has 5 heteroatoms. The number of aryl methyl sites for hydroxylation is 1. The lowest BCUT2D eigenvalue weighted by atomic mass is 10.1. The molecule has 82 valence electrons. The summed E-state index contributed by atoms with van der Waals surface area (Å²) >= 11 is 0. The van der Waals surface area contributed by atoms with E-state index in [0.717, 1.165) is 5.56 Å². The van der Waals surface area contributed by atoms with Crippen molar-refractivity contribution in [1.29, 1.82) is 0 Å². The third-order valence-corrected chi connectivity index (χ3v) is 1.81. The van der Waals surface area contributed by atoms with Crippen LogP contribution in [0.5, 0.6) is 5.75 Å². The van der Waals surface area contributed by atoms with Gasteiger partial charge in [0.15, 0.2) is 0 Å². The smallest absolute Gasteiger partial charge is 0.255 e. The van der Waals surface area contributed by atoms with Crippen molar-refractivity contribution in [2.75, 3.05) is 6.54 Å². The van der Waals surface area contributed by atoms with E-state index in [9.17, 15) is 18.7 Å². The molecule has 1 aromatic carbocycles. The van der Waals surface area contributed by atoms with Crippen molar-refractivity contribution in [2.45, 2.75) is 13.3 Å². The molecule has 0 radical (unpaired) electrons. The highest BCUT2D eigenvalue weighted by atomic mass is 19.3. The van der Waals surface area contributed by atoms with E-state index in [4.69, 9.17) is 0 Å². The first-order valence-corrected chi connectivity index (χ1v) is 4.36. The van der Waals surface area contributed by atoms with E-state index in [1.54, 1.807) is 13.0 Å². The van der Waals surface area contributed by atoms with Crippen LogP contribution < -0.4 is 5.32 Å². The molecule has 1 rings (SSSR count). The van der Waals surface area contributed by atoms with Gasteiger partial charge in [0.1, 0.15) is 5.75 Å². The van der Waals surface area contributed by atoms with Crippen LogP contribution in [0.25, 0.3) is 0 Å². The second kappa shape index (κ2) is 4.72.